The number of nitrogens with one attached hydrogen (secondary N) is 1. The third-order valence-corrected chi connectivity index (χ3v) is 14.2. The van der Waals surface area contributed by atoms with Crippen LogP contribution in [0, 0.1) is 34.3 Å². The maximum atomic E-state index is 17.4. The summed E-state index contributed by atoms with van der Waals surface area (Å²) in [5.41, 5.74) is 6.38. The molecule has 0 aliphatic carbocycles. The molecule has 4 aromatic carbocycles. The van der Waals surface area contributed by atoms with Crippen LogP contribution in [0.2, 0.25) is 10.0 Å². The molecular formula is C55H46Cl2F2N14O4. The van der Waals surface area contributed by atoms with Gasteiger partial charge >= 0.3 is 12.0 Å². The zero-order valence-electron chi connectivity index (χ0n) is 41.3. The fraction of sp³-hybridized carbons (Fsp3) is 0.236. The quantitative estimate of drug-likeness (QED) is 0.0765. The van der Waals surface area contributed by atoms with Gasteiger partial charge in [0.05, 0.1) is 83.3 Å². The highest BCUT2D eigenvalue weighted by Crippen LogP contribution is 2.43. The zero-order valence-corrected chi connectivity index (χ0v) is 42.8. The van der Waals surface area contributed by atoms with E-state index in [2.05, 4.69) is 50.5 Å². The van der Waals surface area contributed by atoms with Crippen LogP contribution >= 0.6 is 23.2 Å². The molecule has 18 nitrogen and oxygen atoms in total. The van der Waals surface area contributed by atoms with E-state index in [9.17, 15) is 20.1 Å². The van der Waals surface area contributed by atoms with E-state index in [0.29, 0.717) is 34.3 Å². The molecule has 0 radical (unpaired) electrons. The molecule has 4 aromatic heterocycles. The summed E-state index contributed by atoms with van der Waals surface area (Å²) in [6.45, 7) is 8.68. The highest BCUT2D eigenvalue weighted by Gasteiger charge is 2.34. The first-order valence-electron chi connectivity index (χ1n) is 24.3. The van der Waals surface area contributed by atoms with Crippen molar-refractivity contribution in [1.82, 2.24) is 39.7 Å². The third-order valence-electron chi connectivity index (χ3n) is 13.6. The number of pyridine rings is 2. The van der Waals surface area contributed by atoms with Crippen LogP contribution < -0.4 is 30.3 Å². The van der Waals surface area contributed by atoms with Gasteiger partial charge in [-0.05, 0) is 47.2 Å². The van der Waals surface area contributed by atoms with Gasteiger partial charge in [0.15, 0.2) is 11.6 Å². The number of nitrogen functional groups attached to an aromatic ring is 1. The van der Waals surface area contributed by atoms with Crippen LogP contribution in [0.15, 0.2) is 98.1 Å². The number of nitrogens with two attached hydrogens (primary N) is 1. The molecule has 8 aromatic rings. The highest BCUT2D eigenvalue weighted by molar-refractivity contribution is 6.35. The molecule has 2 atom stereocenters. The second kappa shape index (κ2) is 21.7. The van der Waals surface area contributed by atoms with Crippen molar-refractivity contribution in [1.29, 1.82) is 10.5 Å². The number of anilines is 4. The smallest absolute Gasteiger partial charge is 0.319 e. The second-order valence-corrected chi connectivity index (χ2v) is 18.9. The van der Waals surface area contributed by atoms with Gasteiger partial charge in [-0.2, -0.15) is 30.5 Å². The average molecular weight is 1080 g/mol. The van der Waals surface area contributed by atoms with Gasteiger partial charge in [0, 0.05) is 60.8 Å². The molecule has 0 unspecified atom stereocenters. The number of benzene rings is 4. The van der Waals surface area contributed by atoms with E-state index in [1.165, 1.54) is 19.3 Å². The predicted molar refractivity (Wildman–Crippen MR) is 292 cm³/mol. The summed E-state index contributed by atoms with van der Waals surface area (Å²) in [6.07, 6.45) is 2.47. The topological polar surface area (TPSA) is 229 Å². The van der Waals surface area contributed by atoms with E-state index < -0.39 is 23.7 Å². The summed E-state index contributed by atoms with van der Waals surface area (Å²) in [4.78, 5) is 60.2. The molecule has 0 spiro atoms. The Balaban J connectivity index is 0.982. The molecule has 0 saturated carbocycles. The number of aromatic nitrogens is 6. The van der Waals surface area contributed by atoms with Crippen molar-refractivity contribution >= 4 is 102 Å². The molecule has 3 N–H and O–H groups in total. The first-order chi connectivity index (χ1) is 37.3. The number of carbonyl (C=O) groups is 2. The van der Waals surface area contributed by atoms with Crippen LogP contribution in [-0.2, 0) is 9.59 Å². The number of rotatable bonds is 14. The van der Waals surface area contributed by atoms with Crippen molar-refractivity contribution in [2.45, 2.75) is 24.9 Å². The fourth-order valence-electron chi connectivity index (χ4n) is 10.1. The molecule has 2 saturated heterocycles. The number of fused-ring (bicyclic) bond motifs is 4. The Labute approximate surface area is 449 Å². The van der Waals surface area contributed by atoms with E-state index in [1.807, 2.05) is 34.1 Å². The number of nitriles is 2. The molecule has 10 rings (SSSR count). The summed E-state index contributed by atoms with van der Waals surface area (Å²) in [5.74, 6) is -1.14. The van der Waals surface area contributed by atoms with Crippen molar-refractivity contribution in [3.63, 3.8) is 0 Å². The molecule has 2 fully saturated rings. The Morgan fingerprint density at radius 1 is 0.714 bits per heavy atom. The molecule has 2 aliphatic rings. The molecular weight excluding hydrogens is 1030 g/mol. The van der Waals surface area contributed by atoms with Crippen molar-refractivity contribution in [3.05, 3.63) is 120 Å². The predicted octanol–water partition coefficient (Wildman–Crippen LogP) is 8.90. The SMILES string of the molecule is C=CC(=O)N1CCN(c2nc(OC)nc3c(F)c(-c4nc(NCCOc5nc(N6CCN(C(=O)C=C)[C@@H](CC#N)C6)c6cc(Cl)c(-c7nc(N)cc8ccccc78)c(F)c6n5)cc5ccccc45)c(Cl)cc23)C[C@@H]1CC#N. The zero-order chi connectivity index (χ0) is 54.1. The number of amides is 2. The van der Waals surface area contributed by atoms with Crippen LogP contribution in [0.5, 0.6) is 12.0 Å². The number of ether oxygens (including phenoxy) is 2. The first kappa shape index (κ1) is 51.5. The Hall–Kier alpha value is -8.98. The van der Waals surface area contributed by atoms with Gasteiger partial charge in [-0.3, -0.25) is 9.59 Å². The number of hydrogen-bond acceptors (Lipinski definition) is 16. The van der Waals surface area contributed by atoms with Gasteiger partial charge in [-0.25, -0.2) is 18.7 Å². The Morgan fingerprint density at radius 2 is 1.21 bits per heavy atom. The minimum atomic E-state index is -0.797. The van der Waals surface area contributed by atoms with Crippen molar-refractivity contribution < 1.29 is 27.8 Å². The van der Waals surface area contributed by atoms with E-state index in [4.69, 9.17) is 48.4 Å². The molecule has 6 heterocycles. The Bertz CT molecular complexity index is 3820. The first-order valence-corrected chi connectivity index (χ1v) is 25.1. The van der Waals surface area contributed by atoms with E-state index in [0.717, 1.165) is 5.39 Å². The van der Waals surface area contributed by atoms with Gasteiger partial charge < -0.3 is 40.1 Å². The van der Waals surface area contributed by atoms with Gasteiger partial charge in [0.1, 0.15) is 40.9 Å². The van der Waals surface area contributed by atoms with Crippen molar-refractivity contribution in [3.8, 4) is 46.7 Å². The average Bonchev–Trinajstić information content (AvgIpc) is 3.51. The number of halogens is 4. The van der Waals surface area contributed by atoms with Gasteiger partial charge in [-0.1, -0.05) is 84.9 Å². The lowest BCUT2D eigenvalue weighted by Gasteiger charge is -2.41. The van der Waals surface area contributed by atoms with E-state index in [1.54, 1.807) is 58.3 Å². The summed E-state index contributed by atoms with van der Waals surface area (Å²) in [7, 11) is 1.37. The molecule has 22 heteroatoms. The maximum Gasteiger partial charge on any atom is 0.319 e. The van der Waals surface area contributed by atoms with Gasteiger partial charge in [-0.15, -0.1) is 0 Å². The van der Waals surface area contributed by atoms with E-state index >= 15 is 8.78 Å². The third kappa shape index (κ3) is 9.80. The van der Waals surface area contributed by atoms with Crippen molar-refractivity contribution in [2.75, 3.05) is 80.4 Å². The lowest BCUT2D eigenvalue weighted by Crippen LogP contribution is -2.55. The van der Waals surface area contributed by atoms with Crippen LogP contribution in [0.1, 0.15) is 12.8 Å². The minimum absolute atomic E-state index is 0.0146. The van der Waals surface area contributed by atoms with E-state index in [-0.39, 0.29) is 149 Å². The minimum Gasteiger partial charge on any atom is -0.467 e. The monoisotopic (exact) mass is 1070 g/mol. The summed E-state index contributed by atoms with van der Waals surface area (Å²) in [6, 6.07) is 24.1. The fourth-order valence-corrected chi connectivity index (χ4v) is 10.6. The second-order valence-electron chi connectivity index (χ2n) is 18.1. The molecule has 77 heavy (non-hydrogen) atoms. The largest absolute Gasteiger partial charge is 0.467 e. The number of carbonyl (C=O) groups excluding carboxylic acids is 2. The lowest BCUT2D eigenvalue weighted by atomic mass is 10.0. The standard InChI is InChI=1S/C55H46Cl2F2N14O4/c1-4-42(74)72-21-19-70(28-32(72)14-16-60)52-36-26-39(57)45(47(59)50(36)66-54(68-52)76-3)49-35-13-9-7-11-31(35)25-41(65-49)63-18-23-77-55-67-51-37(53(69-55)71-20-22-73(43(75)5-2)33(29-71)15-17-61)27-38(56)44(46(51)58)48-34-12-8-6-10-30(34)24-40(62)64-48/h4-13,24-27,32-33H,1-2,14-15,18-23,28-29H2,3H3,(H2,62,64)(H,63,65)/t32-,33-/m0/s1. The molecule has 2 amide bonds. The number of methoxy groups -OCH3 is 1. The van der Waals surface area contributed by atoms with Gasteiger partial charge in [0.2, 0.25) is 11.8 Å². The lowest BCUT2D eigenvalue weighted by molar-refractivity contribution is -0.129. The van der Waals surface area contributed by atoms with Crippen LogP contribution in [-0.4, -0.2) is 123 Å². The molecule has 388 valence electrons. The molecule has 0 bridgehead atoms. The summed E-state index contributed by atoms with van der Waals surface area (Å²) in [5, 5.41) is 25.8. The van der Waals surface area contributed by atoms with Crippen LogP contribution in [0.4, 0.5) is 32.1 Å². The summed E-state index contributed by atoms with van der Waals surface area (Å²) < 4.78 is 46.4. The number of nitrogens with zero attached hydrogens (tertiary/aromatic N) is 12. The van der Waals surface area contributed by atoms with Crippen molar-refractivity contribution in [2.24, 2.45) is 0 Å². The highest BCUT2D eigenvalue weighted by atomic mass is 35.5. The Morgan fingerprint density at radius 3 is 1.73 bits per heavy atom. The normalized spacial score (nSPS) is 15.6. The number of piperazine rings is 2. The Kier molecular flexibility index (Phi) is 14.5. The van der Waals surface area contributed by atoms with Crippen LogP contribution in [0.3, 0.4) is 0 Å². The maximum absolute atomic E-state index is 17.4. The summed E-state index contributed by atoms with van der Waals surface area (Å²) >= 11 is 14.0. The van der Waals surface area contributed by atoms with Crippen LogP contribution in [0.25, 0.3) is 65.9 Å². The molecule has 2 aliphatic heterocycles. The number of hydrogen-bond donors (Lipinski definition) is 2. The van der Waals surface area contributed by atoms with Gasteiger partial charge in [0.25, 0.3) is 0 Å².